The lowest BCUT2D eigenvalue weighted by molar-refractivity contribution is -0.131. The second kappa shape index (κ2) is 9.41. The number of carbonyl (C=O) groups is 2. The van der Waals surface area contributed by atoms with Gasteiger partial charge in [-0.3, -0.25) is 14.3 Å². The van der Waals surface area contributed by atoms with Crippen LogP contribution in [0.25, 0.3) is 0 Å². The molecule has 0 saturated carbocycles. The first-order chi connectivity index (χ1) is 13.5. The van der Waals surface area contributed by atoms with E-state index in [-0.39, 0.29) is 18.5 Å². The molecular weight excluding hydrogens is 400 g/mol. The predicted octanol–water partition coefficient (Wildman–Crippen LogP) is 1.61. The number of likely N-dealkylation sites (N-methyl/N-ethyl adjacent to an activating group) is 1. The standard InChI is InChI=1S/C18H24N4O6S/c1-12(2)27-15-7-5-14(6-8-15)21-29(25,26)11-18(24)22(4)10-17(23)19-16-9-13(3)28-20-16/h5-9,12,21H,10-11H2,1-4H3,(H,19,20,23). The fourth-order valence-electron chi connectivity index (χ4n) is 2.27. The van der Waals surface area contributed by atoms with Crippen LogP contribution in [0.5, 0.6) is 5.75 Å². The molecule has 2 rings (SSSR count). The lowest BCUT2D eigenvalue weighted by Crippen LogP contribution is -2.39. The van der Waals surface area contributed by atoms with Gasteiger partial charge in [-0.25, -0.2) is 8.42 Å². The lowest BCUT2D eigenvalue weighted by atomic mass is 10.3. The summed E-state index contributed by atoms with van der Waals surface area (Å²) in [6.07, 6.45) is -0.00351. The Hall–Kier alpha value is -3.08. The summed E-state index contributed by atoms with van der Waals surface area (Å²) in [5.41, 5.74) is 0.302. The summed E-state index contributed by atoms with van der Waals surface area (Å²) >= 11 is 0. The average molecular weight is 424 g/mol. The zero-order valence-electron chi connectivity index (χ0n) is 16.6. The molecule has 0 saturated heterocycles. The number of benzene rings is 1. The Labute approximate surface area is 169 Å². The van der Waals surface area contributed by atoms with E-state index >= 15 is 0 Å². The predicted molar refractivity (Wildman–Crippen MR) is 107 cm³/mol. The van der Waals surface area contributed by atoms with Crippen LogP contribution in [-0.4, -0.2) is 55.7 Å². The lowest BCUT2D eigenvalue weighted by Gasteiger charge is -2.17. The van der Waals surface area contributed by atoms with E-state index in [2.05, 4.69) is 15.2 Å². The number of anilines is 2. The van der Waals surface area contributed by atoms with E-state index in [1.807, 2.05) is 13.8 Å². The second-order valence-electron chi connectivity index (χ2n) is 6.67. The molecule has 0 bridgehead atoms. The van der Waals surface area contributed by atoms with Crippen LogP contribution in [0.1, 0.15) is 19.6 Å². The van der Waals surface area contributed by atoms with E-state index < -0.39 is 27.6 Å². The molecule has 0 radical (unpaired) electrons. The Kier molecular flexibility index (Phi) is 7.21. The Morgan fingerprint density at radius 1 is 1.24 bits per heavy atom. The first-order valence-electron chi connectivity index (χ1n) is 8.78. The van der Waals surface area contributed by atoms with Crippen molar-refractivity contribution in [1.29, 1.82) is 0 Å². The highest BCUT2D eigenvalue weighted by Crippen LogP contribution is 2.18. The summed E-state index contributed by atoms with van der Waals surface area (Å²) in [6.45, 7) is 5.10. The zero-order chi connectivity index (χ0) is 21.6. The number of aryl methyl sites for hydroxylation is 1. The number of ether oxygens (including phenoxy) is 1. The summed E-state index contributed by atoms with van der Waals surface area (Å²) in [4.78, 5) is 25.1. The number of aromatic nitrogens is 1. The average Bonchev–Trinajstić information content (AvgIpc) is 3.00. The smallest absolute Gasteiger partial charge is 0.245 e. The summed E-state index contributed by atoms with van der Waals surface area (Å²) in [5, 5.41) is 6.07. The molecule has 0 aliphatic heterocycles. The fourth-order valence-corrected chi connectivity index (χ4v) is 3.39. The van der Waals surface area contributed by atoms with Crippen LogP contribution in [0.15, 0.2) is 34.9 Å². The van der Waals surface area contributed by atoms with Crippen molar-refractivity contribution in [2.75, 3.05) is 29.4 Å². The molecule has 1 heterocycles. The molecule has 2 N–H and O–H groups in total. The van der Waals surface area contributed by atoms with Gasteiger partial charge in [0.2, 0.25) is 21.8 Å². The maximum Gasteiger partial charge on any atom is 0.245 e. The molecule has 158 valence electrons. The third-order valence-corrected chi connectivity index (χ3v) is 4.69. The summed E-state index contributed by atoms with van der Waals surface area (Å²) in [6, 6.07) is 7.85. The molecule has 10 nitrogen and oxygen atoms in total. The van der Waals surface area contributed by atoms with Crippen molar-refractivity contribution in [3.63, 3.8) is 0 Å². The molecule has 29 heavy (non-hydrogen) atoms. The molecule has 2 aromatic rings. The van der Waals surface area contributed by atoms with E-state index in [1.54, 1.807) is 19.1 Å². The number of hydrogen-bond acceptors (Lipinski definition) is 7. The van der Waals surface area contributed by atoms with Crippen LogP contribution in [0.2, 0.25) is 0 Å². The van der Waals surface area contributed by atoms with Crippen molar-refractivity contribution in [3.05, 3.63) is 36.1 Å². The highest BCUT2D eigenvalue weighted by Gasteiger charge is 2.21. The number of carbonyl (C=O) groups excluding carboxylic acids is 2. The minimum atomic E-state index is -3.95. The third-order valence-electron chi connectivity index (χ3n) is 3.51. The summed E-state index contributed by atoms with van der Waals surface area (Å²) in [5.74, 6) is -0.723. The quantitative estimate of drug-likeness (QED) is 0.625. The molecule has 0 spiro atoms. The van der Waals surface area contributed by atoms with Crippen LogP contribution in [0.3, 0.4) is 0 Å². The maximum absolute atomic E-state index is 12.2. The van der Waals surface area contributed by atoms with E-state index in [4.69, 9.17) is 9.26 Å². The normalized spacial score (nSPS) is 11.2. The van der Waals surface area contributed by atoms with E-state index in [1.165, 1.54) is 25.2 Å². The SMILES string of the molecule is Cc1cc(NC(=O)CN(C)C(=O)CS(=O)(=O)Nc2ccc(OC(C)C)cc2)no1. The van der Waals surface area contributed by atoms with E-state index in [0.717, 1.165) is 4.90 Å². The minimum absolute atomic E-state index is 0.00351. The fraction of sp³-hybridized carbons (Fsp3) is 0.389. The molecule has 0 aliphatic rings. The van der Waals surface area contributed by atoms with Gasteiger partial charge in [0.1, 0.15) is 17.3 Å². The Morgan fingerprint density at radius 3 is 2.45 bits per heavy atom. The van der Waals surface area contributed by atoms with Crippen LogP contribution in [-0.2, 0) is 19.6 Å². The van der Waals surface area contributed by atoms with Gasteiger partial charge in [0, 0.05) is 18.8 Å². The number of nitrogens with zero attached hydrogens (tertiary/aromatic N) is 2. The molecule has 1 aromatic carbocycles. The highest BCUT2D eigenvalue weighted by atomic mass is 32.2. The zero-order valence-corrected chi connectivity index (χ0v) is 17.4. The van der Waals surface area contributed by atoms with Gasteiger partial charge in [-0.1, -0.05) is 5.16 Å². The number of hydrogen-bond donors (Lipinski definition) is 2. The van der Waals surface area contributed by atoms with E-state index in [0.29, 0.717) is 17.2 Å². The summed E-state index contributed by atoms with van der Waals surface area (Å²) < 4.78 is 37.1. The van der Waals surface area contributed by atoms with E-state index in [9.17, 15) is 18.0 Å². The number of amides is 2. The van der Waals surface area contributed by atoms with Gasteiger partial charge in [-0.15, -0.1) is 0 Å². The first kappa shape index (κ1) is 22.2. The van der Waals surface area contributed by atoms with Gasteiger partial charge in [-0.05, 0) is 45.0 Å². The minimum Gasteiger partial charge on any atom is -0.491 e. The molecule has 0 unspecified atom stereocenters. The van der Waals surface area contributed by atoms with Crippen molar-refractivity contribution in [1.82, 2.24) is 10.1 Å². The number of nitrogens with one attached hydrogen (secondary N) is 2. The van der Waals surface area contributed by atoms with Gasteiger partial charge < -0.3 is 19.5 Å². The van der Waals surface area contributed by atoms with Gasteiger partial charge in [-0.2, -0.15) is 0 Å². The number of sulfonamides is 1. The van der Waals surface area contributed by atoms with Gasteiger partial charge in [0.15, 0.2) is 5.82 Å². The highest BCUT2D eigenvalue weighted by molar-refractivity contribution is 7.93. The van der Waals surface area contributed by atoms with Crippen LogP contribution in [0.4, 0.5) is 11.5 Å². The molecule has 1 aromatic heterocycles. The largest absolute Gasteiger partial charge is 0.491 e. The van der Waals surface area contributed by atoms with Crippen LogP contribution >= 0.6 is 0 Å². The second-order valence-corrected chi connectivity index (χ2v) is 8.40. The van der Waals surface area contributed by atoms with Crippen molar-refractivity contribution in [2.24, 2.45) is 0 Å². The summed E-state index contributed by atoms with van der Waals surface area (Å²) in [7, 11) is -2.61. The Morgan fingerprint density at radius 2 is 1.90 bits per heavy atom. The van der Waals surface area contributed by atoms with Gasteiger partial charge >= 0.3 is 0 Å². The van der Waals surface area contributed by atoms with Gasteiger partial charge in [0.05, 0.1) is 12.6 Å². The molecule has 2 amide bonds. The van der Waals surface area contributed by atoms with Crippen LogP contribution < -0.4 is 14.8 Å². The van der Waals surface area contributed by atoms with Crippen molar-refractivity contribution < 1.29 is 27.3 Å². The Bertz CT molecular complexity index is 953. The first-order valence-corrected chi connectivity index (χ1v) is 10.4. The van der Waals surface area contributed by atoms with Crippen molar-refractivity contribution in [3.8, 4) is 5.75 Å². The monoisotopic (exact) mass is 424 g/mol. The molecule has 0 aliphatic carbocycles. The van der Waals surface area contributed by atoms with Crippen molar-refractivity contribution >= 4 is 33.3 Å². The third kappa shape index (κ3) is 7.45. The molecule has 0 atom stereocenters. The molecule has 0 fully saturated rings. The molecule has 11 heteroatoms. The maximum atomic E-state index is 12.2. The van der Waals surface area contributed by atoms with Crippen LogP contribution in [0, 0.1) is 6.92 Å². The topological polar surface area (TPSA) is 131 Å². The molecular formula is C18H24N4O6S. The van der Waals surface area contributed by atoms with Gasteiger partial charge in [0.25, 0.3) is 0 Å². The van der Waals surface area contributed by atoms with Crippen molar-refractivity contribution in [2.45, 2.75) is 26.9 Å². The number of rotatable bonds is 9. The Balaban J connectivity index is 1.87.